The van der Waals surface area contributed by atoms with Gasteiger partial charge in [-0.3, -0.25) is 29.0 Å². The largest absolute Gasteiger partial charge is 0.281 e. The van der Waals surface area contributed by atoms with Gasteiger partial charge in [0.1, 0.15) is 9.49 Å². The van der Waals surface area contributed by atoms with E-state index >= 15 is 0 Å². The summed E-state index contributed by atoms with van der Waals surface area (Å²) in [7, 11) is 0. The van der Waals surface area contributed by atoms with Crippen LogP contribution in [0.2, 0.25) is 0 Å². The molecule has 0 spiro atoms. The van der Waals surface area contributed by atoms with Crippen molar-refractivity contribution in [3.63, 3.8) is 0 Å². The topological polar surface area (TPSA) is 74.8 Å². The number of benzene rings is 2. The maximum atomic E-state index is 13.8. The van der Waals surface area contributed by atoms with E-state index in [-0.39, 0.29) is 47.3 Å². The standard InChI is InChI=1S/2C25H35NO2S/c2*1-2-3-4-11-16-29-25-21(20-14-9-6-10-15-20)17-22(25)23(27)26(24(25)28)18-19-12-7-5-8-13-19/h2*6,9-10,14-15,19,21-22H,2-5,7-8,11-13,16-18H2,1H3/t21-,22+,25-;21-,22-,25+/m01/s1. The molecular weight excluding hydrogens is 757 g/mol. The van der Waals surface area contributed by atoms with Crippen molar-refractivity contribution in [1.82, 2.24) is 9.80 Å². The van der Waals surface area contributed by atoms with Crippen LogP contribution >= 0.6 is 23.5 Å². The normalized spacial score (nSPS) is 29.8. The fourth-order valence-electron chi connectivity index (χ4n) is 11.3. The average Bonchev–Trinajstić information content (AvgIpc) is 3.48. The third-order valence-corrected chi connectivity index (χ3v) is 18.1. The number of hydrogen-bond donors (Lipinski definition) is 0. The number of amides is 4. The molecule has 2 heterocycles. The van der Waals surface area contributed by atoms with Crippen LogP contribution < -0.4 is 0 Å². The molecule has 58 heavy (non-hydrogen) atoms. The number of imide groups is 2. The van der Waals surface area contributed by atoms with Crippen molar-refractivity contribution in [3.8, 4) is 0 Å². The Morgan fingerprint density at radius 2 is 0.879 bits per heavy atom. The number of carbonyl (C=O) groups is 4. The second-order valence-electron chi connectivity index (χ2n) is 18.4. The molecule has 2 aromatic carbocycles. The van der Waals surface area contributed by atoms with Crippen LogP contribution in [-0.2, 0) is 19.2 Å². The van der Waals surface area contributed by atoms with Crippen LogP contribution in [0.1, 0.15) is 165 Å². The van der Waals surface area contributed by atoms with Crippen molar-refractivity contribution < 1.29 is 19.2 Å². The van der Waals surface area contributed by atoms with E-state index in [0.29, 0.717) is 24.9 Å². The molecule has 0 N–H and O–H groups in total. The third kappa shape index (κ3) is 8.76. The summed E-state index contributed by atoms with van der Waals surface area (Å²) >= 11 is 3.60. The molecule has 0 unspecified atom stereocenters. The van der Waals surface area contributed by atoms with E-state index in [9.17, 15) is 19.2 Å². The lowest BCUT2D eigenvalue weighted by molar-refractivity contribution is -0.141. The molecule has 0 bridgehead atoms. The highest BCUT2D eigenvalue weighted by Gasteiger charge is 2.71. The van der Waals surface area contributed by atoms with Crippen LogP contribution in [-0.4, -0.2) is 67.5 Å². The van der Waals surface area contributed by atoms with Gasteiger partial charge in [0.05, 0.1) is 11.8 Å². The van der Waals surface area contributed by atoms with Gasteiger partial charge < -0.3 is 0 Å². The number of nitrogens with zero attached hydrogens (tertiary/aromatic N) is 2. The summed E-state index contributed by atoms with van der Waals surface area (Å²) in [5.41, 5.74) is 2.45. The lowest BCUT2D eigenvalue weighted by Crippen LogP contribution is -2.54. The van der Waals surface area contributed by atoms with Gasteiger partial charge >= 0.3 is 0 Å². The Bertz CT molecular complexity index is 1550. The Kier molecular flexibility index (Phi) is 15.2. The van der Waals surface area contributed by atoms with E-state index in [1.807, 2.05) is 12.1 Å². The Hall–Kier alpha value is -2.58. The number of carbonyl (C=O) groups excluding carboxylic acids is 4. The lowest BCUT2D eigenvalue weighted by atomic mass is 9.62. The van der Waals surface area contributed by atoms with E-state index in [0.717, 1.165) is 37.2 Å². The summed E-state index contributed by atoms with van der Waals surface area (Å²) in [6.45, 7) is 5.77. The second kappa shape index (κ2) is 20.3. The smallest absolute Gasteiger partial charge is 0.246 e. The van der Waals surface area contributed by atoms with Gasteiger partial charge in [0.15, 0.2) is 0 Å². The van der Waals surface area contributed by atoms with Gasteiger partial charge in [-0.1, -0.05) is 152 Å². The molecule has 0 aromatic heterocycles. The molecule has 4 aliphatic carbocycles. The van der Waals surface area contributed by atoms with Crippen LogP contribution in [0, 0.1) is 23.7 Å². The Balaban J connectivity index is 0.000000177. The molecule has 6 atom stereocenters. The molecule has 6 aliphatic rings. The lowest BCUT2D eigenvalue weighted by Gasteiger charge is -2.48. The van der Waals surface area contributed by atoms with Crippen molar-refractivity contribution in [2.75, 3.05) is 24.6 Å². The molecule has 6 nitrogen and oxygen atoms in total. The average molecular weight is 827 g/mol. The van der Waals surface area contributed by atoms with Crippen molar-refractivity contribution in [2.24, 2.45) is 23.7 Å². The molecule has 8 heteroatoms. The summed E-state index contributed by atoms with van der Waals surface area (Å²) in [6, 6.07) is 20.9. The predicted molar refractivity (Wildman–Crippen MR) is 240 cm³/mol. The molecule has 2 aliphatic heterocycles. The van der Waals surface area contributed by atoms with Crippen LogP contribution in [0.15, 0.2) is 60.7 Å². The summed E-state index contributed by atoms with van der Waals surface area (Å²) in [6.07, 6.45) is 23.6. The maximum absolute atomic E-state index is 13.8. The molecular formula is C50H70N2O4S2. The van der Waals surface area contributed by atoms with Gasteiger partial charge in [0.2, 0.25) is 23.6 Å². The highest BCUT2D eigenvalue weighted by Crippen LogP contribution is 2.64. The zero-order valence-corrected chi connectivity index (χ0v) is 37.2. The Morgan fingerprint density at radius 3 is 1.24 bits per heavy atom. The van der Waals surface area contributed by atoms with Crippen molar-refractivity contribution in [1.29, 1.82) is 0 Å². The second-order valence-corrected chi connectivity index (χ2v) is 21.2. The van der Waals surface area contributed by atoms with Gasteiger partial charge in [-0.15, -0.1) is 23.5 Å². The molecule has 4 amide bonds. The fraction of sp³-hybridized carbons (Fsp3) is 0.680. The number of rotatable bonds is 18. The molecule has 2 aromatic rings. The van der Waals surface area contributed by atoms with Gasteiger partial charge in [-0.2, -0.15) is 0 Å². The Morgan fingerprint density at radius 1 is 0.500 bits per heavy atom. The Labute approximate surface area is 358 Å². The molecule has 316 valence electrons. The molecule has 4 saturated carbocycles. The van der Waals surface area contributed by atoms with Gasteiger partial charge in [-0.25, -0.2) is 0 Å². The van der Waals surface area contributed by atoms with Gasteiger partial charge in [0.25, 0.3) is 0 Å². The zero-order chi connectivity index (χ0) is 40.5. The summed E-state index contributed by atoms with van der Waals surface area (Å²) in [5.74, 6) is 3.61. The van der Waals surface area contributed by atoms with E-state index in [2.05, 4.69) is 62.4 Å². The van der Waals surface area contributed by atoms with Crippen LogP contribution in [0.4, 0.5) is 0 Å². The number of hydrogen-bond acceptors (Lipinski definition) is 6. The fourth-order valence-corrected chi connectivity index (χ4v) is 14.8. The summed E-state index contributed by atoms with van der Waals surface area (Å²) in [4.78, 5) is 57.4. The highest BCUT2D eigenvalue weighted by atomic mass is 32.2. The number of likely N-dealkylation sites (tertiary alicyclic amines) is 2. The van der Waals surface area contributed by atoms with E-state index < -0.39 is 9.49 Å². The summed E-state index contributed by atoms with van der Waals surface area (Å²) in [5, 5.41) is 0. The minimum Gasteiger partial charge on any atom is -0.281 e. The van der Waals surface area contributed by atoms with E-state index in [1.54, 1.807) is 33.3 Å². The highest BCUT2D eigenvalue weighted by molar-refractivity contribution is 8.01. The first-order valence-electron chi connectivity index (χ1n) is 23.5. The predicted octanol–water partition coefficient (Wildman–Crippen LogP) is 11.6. The quantitative estimate of drug-likeness (QED) is 0.110. The monoisotopic (exact) mass is 826 g/mol. The van der Waals surface area contributed by atoms with E-state index in [1.165, 1.54) is 114 Å². The first-order valence-corrected chi connectivity index (χ1v) is 25.4. The van der Waals surface area contributed by atoms with Gasteiger partial charge in [-0.05, 0) is 85.8 Å². The molecule has 0 radical (unpaired) electrons. The van der Waals surface area contributed by atoms with Crippen molar-refractivity contribution >= 4 is 47.2 Å². The van der Waals surface area contributed by atoms with Crippen LogP contribution in [0.25, 0.3) is 0 Å². The number of fused-ring (bicyclic) bond motifs is 2. The molecule has 6 fully saturated rings. The van der Waals surface area contributed by atoms with E-state index in [4.69, 9.17) is 0 Å². The SMILES string of the molecule is CCCCCCS[C@]12C(=O)N(CC3CCCCC3)C(=O)[C@H]1C[C@@H]2c1ccccc1.CCCCCCS[C@]12C(=O)N(CC3CCCCC3)C(=O)[C@H]1C[C@H]2c1ccccc1. The summed E-state index contributed by atoms with van der Waals surface area (Å²) < 4.78 is -1.08. The van der Waals surface area contributed by atoms with Crippen molar-refractivity contribution in [2.45, 2.75) is 164 Å². The third-order valence-electron chi connectivity index (χ3n) is 14.7. The number of unbranched alkanes of at least 4 members (excludes halogenated alkanes) is 6. The first kappa shape index (κ1) is 43.5. The maximum Gasteiger partial charge on any atom is 0.246 e. The minimum absolute atomic E-state index is 0.111. The molecule has 8 rings (SSSR count). The van der Waals surface area contributed by atoms with Crippen molar-refractivity contribution in [3.05, 3.63) is 71.8 Å². The van der Waals surface area contributed by atoms with Gasteiger partial charge in [0, 0.05) is 24.9 Å². The van der Waals surface area contributed by atoms with Crippen LogP contribution in [0.5, 0.6) is 0 Å². The first-order chi connectivity index (χ1) is 28.4. The minimum atomic E-state index is -0.542. The van der Waals surface area contributed by atoms with Crippen LogP contribution in [0.3, 0.4) is 0 Å². The number of thioether (sulfide) groups is 2. The zero-order valence-electron chi connectivity index (χ0n) is 35.6. The molecule has 2 saturated heterocycles.